The Kier molecular flexibility index (Phi) is 8.05. The first-order valence-corrected chi connectivity index (χ1v) is 11.1. The number of rotatable bonds is 6. The molecule has 6 nitrogen and oxygen atoms in total. The Morgan fingerprint density at radius 2 is 1.67 bits per heavy atom. The van der Waals surface area contributed by atoms with Crippen molar-refractivity contribution in [3.05, 3.63) is 48.0 Å². The minimum absolute atomic E-state index is 0.0470. The molecule has 0 atom stereocenters. The Bertz CT molecular complexity index is 748. The summed E-state index contributed by atoms with van der Waals surface area (Å²) in [7, 11) is 1.83. The van der Waals surface area contributed by atoms with Crippen molar-refractivity contribution in [1.29, 1.82) is 0 Å². The van der Waals surface area contributed by atoms with Crippen molar-refractivity contribution in [2.75, 3.05) is 20.1 Å². The molecule has 1 aromatic carbocycles. The molecule has 162 valence electrons. The summed E-state index contributed by atoms with van der Waals surface area (Å²) in [4.78, 5) is 40.7. The van der Waals surface area contributed by atoms with Crippen LogP contribution in [0.2, 0.25) is 0 Å². The number of likely N-dealkylation sites (tertiary alicyclic amines) is 1. The number of piperidine rings is 1. The largest absolute Gasteiger partial charge is 0.352 e. The predicted molar refractivity (Wildman–Crippen MR) is 116 cm³/mol. The maximum absolute atomic E-state index is 12.5. The third-order valence-electron chi connectivity index (χ3n) is 6.33. The summed E-state index contributed by atoms with van der Waals surface area (Å²) in [6.07, 6.45) is 9.75. The van der Waals surface area contributed by atoms with Crippen LogP contribution in [0.4, 0.5) is 0 Å². The molecular formula is C24H33N3O3. The Balaban J connectivity index is 1.40. The van der Waals surface area contributed by atoms with E-state index in [2.05, 4.69) is 5.32 Å². The number of hydrogen-bond donors (Lipinski definition) is 1. The number of carbonyl (C=O) groups is 3. The Labute approximate surface area is 179 Å². The highest BCUT2D eigenvalue weighted by Crippen LogP contribution is 2.22. The molecule has 1 N–H and O–H groups in total. The van der Waals surface area contributed by atoms with Crippen LogP contribution < -0.4 is 5.32 Å². The zero-order valence-electron chi connectivity index (χ0n) is 17.9. The van der Waals surface area contributed by atoms with E-state index in [0.717, 1.165) is 18.4 Å². The van der Waals surface area contributed by atoms with Gasteiger partial charge in [-0.15, -0.1) is 0 Å². The van der Waals surface area contributed by atoms with Crippen LogP contribution in [0.25, 0.3) is 0 Å². The number of nitrogens with zero attached hydrogens (tertiary/aromatic N) is 2. The monoisotopic (exact) mass is 411 g/mol. The molecule has 1 aliphatic carbocycles. The summed E-state index contributed by atoms with van der Waals surface area (Å²) < 4.78 is 0. The lowest BCUT2D eigenvalue weighted by Gasteiger charge is -2.31. The fourth-order valence-corrected chi connectivity index (χ4v) is 4.31. The van der Waals surface area contributed by atoms with Crippen LogP contribution in [0.15, 0.2) is 42.5 Å². The summed E-state index contributed by atoms with van der Waals surface area (Å²) in [6, 6.07) is 10.1. The third kappa shape index (κ3) is 6.18. The molecule has 30 heavy (non-hydrogen) atoms. The van der Waals surface area contributed by atoms with Gasteiger partial charge in [0.15, 0.2) is 0 Å². The summed E-state index contributed by atoms with van der Waals surface area (Å²) >= 11 is 0. The van der Waals surface area contributed by atoms with Crippen LogP contribution in [0, 0.1) is 5.92 Å². The van der Waals surface area contributed by atoms with Gasteiger partial charge in [-0.05, 0) is 31.2 Å². The van der Waals surface area contributed by atoms with Gasteiger partial charge in [0, 0.05) is 50.8 Å². The first-order chi connectivity index (χ1) is 14.5. The van der Waals surface area contributed by atoms with E-state index in [0.29, 0.717) is 32.5 Å². The SMILES string of the molecule is CN(C(=O)C=CC(=O)N1CCC(C(=O)NCc2ccccc2)CC1)C1CCCCC1. The van der Waals surface area contributed by atoms with Gasteiger partial charge in [0.2, 0.25) is 17.7 Å². The molecule has 1 aromatic rings. The number of carbonyl (C=O) groups excluding carboxylic acids is 3. The molecule has 1 aliphatic heterocycles. The second-order valence-corrected chi connectivity index (χ2v) is 8.38. The van der Waals surface area contributed by atoms with Gasteiger partial charge in [0.1, 0.15) is 0 Å². The molecule has 3 amide bonds. The van der Waals surface area contributed by atoms with Crippen molar-refractivity contribution >= 4 is 17.7 Å². The molecule has 0 bridgehead atoms. The normalized spacial score (nSPS) is 18.4. The molecule has 1 saturated carbocycles. The van der Waals surface area contributed by atoms with Crippen LogP contribution in [0.1, 0.15) is 50.5 Å². The van der Waals surface area contributed by atoms with Gasteiger partial charge in [0.25, 0.3) is 0 Å². The van der Waals surface area contributed by atoms with E-state index in [-0.39, 0.29) is 29.7 Å². The molecule has 1 saturated heterocycles. The van der Waals surface area contributed by atoms with Crippen molar-refractivity contribution in [1.82, 2.24) is 15.1 Å². The zero-order chi connectivity index (χ0) is 21.3. The van der Waals surface area contributed by atoms with Crippen LogP contribution in [-0.4, -0.2) is 53.7 Å². The topological polar surface area (TPSA) is 69.7 Å². The Morgan fingerprint density at radius 1 is 1.00 bits per heavy atom. The van der Waals surface area contributed by atoms with E-state index in [4.69, 9.17) is 0 Å². The van der Waals surface area contributed by atoms with E-state index >= 15 is 0 Å². The van der Waals surface area contributed by atoms with E-state index in [9.17, 15) is 14.4 Å². The van der Waals surface area contributed by atoms with E-state index < -0.39 is 0 Å². The average Bonchev–Trinajstić information content (AvgIpc) is 2.81. The number of amides is 3. The summed E-state index contributed by atoms with van der Waals surface area (Å²) in [5, 5.41) is 2.99. The molecule has 0 unspecified atom stereocenters. The molecule has 6 heteroatoms. The standard InChI is InChI=1S/C24H33N3O3/c1-26(21-10-6-3-7-11-21)22(28)12-13-23(29)27-16-14-20(15-17-27)24(30)25-18-19-8-4-2-5-9-19/h2,4-5,8-9,12-13,20-21H,3,6-7,10-11,14-18H2,1H3,(H,25,30). The predicted octanol–water partition coefficient (Wildman–Crippen LogP) is 2.89. The van der Waals surface area contributed by atoms with Crippen molar-refractivity contribution in [2.45, 2.75) is 57.5 Å². The number of nitrogens with one attached hydrogen (secondary N) is 1. The number of hydrogen-bond acceptors (Lipinski definition) is 3. The fourth-order valence-electron chi connectivity index (χ4n) is 4.31. The van der Waals surface area contributed by atoms with Crippen molar-refractivity contribution < 1.29 is 14.4 Å². The van der Waals surface area contributed by atoms with Crippen molar-refractivity contribution in [3.8, 4) is 0 Å². The molecule has 2 fully saturated rings. The molecule has 0 radical (unpaired) electrons. The summed E-state index contributed by atoms with van der Waals surface area (Å²) in [5.41, 5.74) is 1.08. The van der Waals surface area contributed by atoms with Crippen molar-refractivity contribution in [2.24, 2.45) is 5.92 Å². The van der Waals surface area contributed by atoms with Gasteiger partial charge in [-0.25, -0.2) is 0 Å². The van der Waals surface area contributed by atoms with Crippen LogP contribution in [-0.2, 0) is 20.9 Å². The van der Waals surface area contributed by atoms with Crippen LogP contribution >= 0.6 is 0 Å². The van der Waals surface area contributed by atoms with Gasteiger partial charge in [0.05, 0.1) is 0 Å². The van der Waals surface area contributed by atoms with Gasteiger partial charge >= 0.3 is 0 Å². The minimum atomic E-state index is -0.150. The third-order valence-corrected chi connectivity index (χ3v) is 6.33. The average molecular weight is 412 g/mol. The van der Waals surface area contributed by atoms with Crippen LogP contribution in [0.3, 0.4) is 0 Å². The van der Waals surface area contributed by atoms with Crippen LogP contribution in [0.5, 0.6) is 0 Å². The summed E-state index contributed by atoms with van der Waals surface area (Å²) in [5.74, 6) is -0.277. The smallest absolute Gasteiger partial charge is 0.246 e. The zero-order valence-corrected chi connectivity index (χ0v) is 17.9. The van der Waals surface area contributed by atoms with E-state index in [1.54, 1.807) is 9.80 Å². The van der Waals surface area contributed by atoms with Gasteiger partial charge < -0.3 is 15.1 Å². The molecule has 3 rings (SSSR count). The van der Waals surface area contributed by atoms with Gasteiger partial charge in [-0.3, -0.25) is 14.4 Å². The molecule has 2 aliphatic rings. The van der Waals surface area contributed by atoms with Gasteiger partial charge in [-0.1, -0.05) is 49.6 Å². The highest BCUT2D eigenvalue weighted by Gasteiger charge is 2.27. The second-order valence-electron chi connectivity index (χ2n) is 8.38. The lowest BCUT2D eigenvalue weighted by atomic mass is 9.94. The van der Waals surface area contributed by atoms with E-state index in [1.807, 2.05) is 37.4 Å². The lowest BCUT2D eigenvalue weighted by molar-refractivity contribution is -0.132. The quantitative estimate of drug-likeness (QED) is 0.732. The molecule has 1 heterocycles. The van der Waals surface area contributed by atoms with E-state index in [1.165, 1.54) is 31.4 Å². The Hall–Kier alpha value is -2.63. The minimum Gasteiger partial charge on any atom is -0.352 e. The fraction of sp³-hybridized carbons (Fsp3) is 0.542. The Morgan fingerprint density at radius 3 is 2.33 bits per heavy atom. The molecule has 0 spiro atoms. The second kappa shape index (κ2) is 11.0. The maximum atomic E-state index is 12.5. The number of benzene rings is 1. The lowest BCUT2D eigenvalue weighted by Crippen LogP contribution is -2.42. The maximum Gasteiger partial charge on any atom is 0.246 e. The first kappa shape index (κ1) is 22.1. The molecular weight excluding hydrogens is 378 g/mol. The number of likely N-dealkylation sites (N-methyl/N-ethyl adjacent to an activating group) is 1. The van der Waals surface area contributed by atoms with Gasteiger partial charge in [-0.2, -0.15) is 0 Å². The first-order valence-electron chi connectivity index (χ1n) is 11.1. The highest BCUT2D eigenvalue weighted by molar-refractivity contribution is 5.96. The highest BCUT2D eigenvalue weighted by atomic mass is 16.2. The molecule has 0 aromatic heterocycles. The van der Waals surface area contributed by atoms with Crippen molar-refractivity contribution in [3.63, 3.8) is 0 Å². The summed E-state index contributed by atoms with van der Waals surface area (Å²) in [6.45, 7) is 1.61.